The van der Waals surface area contributed by atoms with Gasteiger partial charge < -0.3 is 19.9 Å². The average Bonchev–Trinajstić information content (AvgIpc) is 3.42. The van der Waals surface area contributed by atoms with E-state index in [9.17, 15) is 19.2 Å². The van der Waals surface area contributed by atoms with Crippen molar-refractivity contribution in [1.82, 2.24) is 19.4 Å². The van der Waals surface area contributed by atoms with Crippen LogP contribution >= 0.6 is 11.6 Å². The Bertz CT molecular complexity index is 1860. The van der Waals surface area contributed by atoms with Gasteiger partial charge in [0.05, 0.1) is 17.8 Å². The van der Waals surface area contributed by atoms with Crippen LogP contribution in [0.25, 0.3) is 22.4 Å². The zero-order valence-corrected chi connectivity index (χ0v) is 25.1. The molecule has 0 bridgehead atoms. The van der Waals surface area contributed by atoms with Crippen LogP contribution in [0.3, 0.4) is 0 Å². The lowest BCUT2D eigenvalue weighted by Gasteiger charge is -2.17. The highest BCUT2D eigenvalue weighted by molar-refractivity contribution is 6.36. The van der Waals surface area contributed by atoms with E-state index >= 15 is 0 Å². The summed E-state index contributed by atoms with van der Waals surface area (Å²) in [5.74, 6) is 0.133. The van der Waals surface area contributed by atoms with Crippen molar-refractivity contribution in [2.45, 2.75) is 38.8 Å². The molecule has 0 aliphatic heterocycles. The third kappa shape index (κ3) is 6.02. The fourth-order valence-corrected chi connectivity index (χ4v) is 5.65. The number of ketones is 1. The molecule has 43 heavy (non-hydrogen) atoms. The molecule has 2 N–H and O–H groups in total. The third-order valence-electron chi connectivity index (χ3n) is 7.80. The topological polar surface area (TPSA) is 124 Å². The second-order valence-electron chi connectivity index (χ2n) is 10.6. The maximum Gasteiger partial charge on any atom is 0.330 e. The van der Waals surface area contributed by atoms with E-state index in [1.165, 1.54) is 24.9 Å². The number of aromatic nitrogens is 3. The quantitative estimate of drug-likeness (QED) is 0.309. The van der Waals surface area contributed by atoms with Gasteiger partial charge in [-0.25, -0.2) is 9.78 Å². The molecule has 10 nitrogen and oxygen atoms in total. The van der Waals surface area contributed by atoms with Crippen LogP contribution in [-0.4, -0.2) is 39.0 Å². The molecule has 2 heterocycles. The molecule has 0 radical (unpaired) electrons. The minimum absolute atomic E-state index is 0.148. The number of carbonyl (C=O) groups excluding carboxylic acids is 2. The highest BCUT2D eigenvalue weighted by Crippen LogP contribution is 2.39. The van der Waals surface area contributed by atoms with Gasteiger partial charge in [0.1, 0.15) is 11.3 Å². The maximum atomic E-state index is 13.1. The van der Waals surface area contributed by atoms with Gasteiger partial charge in [-0.3, -0.25) is 19.0 Å². The zero-order chi connectivity index (χ0) is 30.8. The van der Waals surface area contributed by atoms with E-state index in [0.717, 1.165) is 33.2 Å². The number of hydrogen-bond acceptors (Lipinski definition) is 7. The normalized spacial score (nSPS) is 14.6. The largest absolute Gasteiger partial charge is 0.481 e. The van der Waals surface area contributed by atoms with Crippen LogP contribution in [0.2, 0.25) is 5.02 Å². The van der Waals surface area contributed by atoms with Crippen molar-refractivity contribution < 1.29 is 14.3 Å². The first-order valence-electron chi connectivity index (χ1n) is 13.8. The van der Waals surface area contributed by atoms with E-state index in [1.54, 1.807) is 19.2 Å². The second kappa shape index (κ2) is 12.4. The summed E-state index contributed by atoms with van der Waals surface area (Å²) in [7, 11) is 4.38. The van der Waals surface area contributed by atoms with Crippen molar-refractivity contribution in [2.75, 3.05) is 12.4 Å². The number of methoxy groups -OCH3 is 1. The summed E-state index contributed by atoms with van der Waals surface area (Å²) in [6.07, 6.45) is 3.24. The summed E-state index contributed by atoms with van der Waals surface area (Å²) in [6.45, 7) is 2.39. The van der Waals surface area contributed by atoms with Gasteiger partial charge in [0, 0.05) is 68.1 Å². The maximum absolute atomic E-state index is 13.1. The lowest BCUT2D eigenvalue weighted by Crippen LogP contribution is -2.40. The molecule has 222 valence electrons. The number of halogens is 1. The van der Waals surface area contributed by atoms with E-state index in [0.29, 0.717) is 47.2 Å². The first-order valence-corrected chi connectivity index (χ1v) is 14.2. The fraction of sp³-hybridized carbons (Fsp3) is 0.281. The molecule has 11 heteroatoms. The van der Waals surface area contributed by atoms with Crippen LogP contribution in [0.5, 0.6) is 5.88 Å². The summed E-state index contributed by atoms with van der Waals surface area (Å²) >= 11 is 6.98. The van der Waals surface area contributed by atoms with Crippen LogP contribution < -0.4 is 26.6 Å². The van der Waals surface area contributed by atoms with E-state index in [2.05, 4.69) is 10.6 Å². The predicted molar refractivity (Wildman–Crippen MR) is 166 cm³/mol. The second-order valence-corrected chi connectivity index (χ2v) is 11.0. The lowest BCUT2D eigenvalue weighted by molar-refractivity contribution is -0.117. The van der Waals surface area contributed by atoms with Gasteiger partial charge in [0.2, 0.25) is 5.88 Å². The van der Waals surface area contributed by atoms with E-state index < -0.39 is 17.2 Å². The van der Waals surface area contributed by atoms with E-state index in [4.69, 9.17) is 21.3 Å². The average molecular weight is 602 g/mol. The van der Waals surface area contributed by atoms with Gasteiger partial charge in [-0.1, -0.05) is 48.0 Å². The van der Waals surface area contributed by atoms with Crippen molar-refractivity contribution in [3.05, 3.63) is 97.3 Å². The van der Waals surface area contributed by atoms with Gasteiger partial charge in [-0.15, -0.1) is 0 Å². The van der Waals surface area contributed by atoms with Crippen LogP contribution in [0.4, 0.5) is 5.69 Å². The number of nitrogens with zero attached hydrogens (tertiary/aromatic N) is 3. The Morgan fingerprint density at radius 2 is 1.77 bits per heavy atom. The highest BCUT2D eigenvalue weighted by atomic mass is 35.5. The van der Waals surface area contributed by atoms with Gasteiger partial charge in [0.25, 0.3) is 11.5 Å². The number of rotatable bonds is 8. The molecule has 0 spiro atoms. The molecular weight excluding hydrogens is 570 g/mol. The molecule has 1 aliphatic rings. The smallest absolute Gasteiger partial charge is 0.330 e. The number of aryl methyl sites for hydroxylation is 1. The SMILES string of the molecule is COc1nc(-c2cccc(-c3cccc(NC(=O)c4cn(C)c(=O)n(C)c4=O)c3C)c2Cl)ccc1CNC1CCC(=O)C1. The molecule has 1 fully saturated rings. The van der Waals surface area contributed by atoms with Crippen molar-refractivity contribution in [3.63, 3.8) is 0 Å². The highest BCUT2D eigenvalue weighted by Gasteiger charge is 2.22. The van der Waals surface area contributed by atoms with E-state index in [-0.39, 0.29) is 17.4 Å². The Morgan fingerprint density at radius 3 is 2.49 bits per heavy atom. The van der Waals surface area contributed by atoms with Gasteiger partial charge >= 0.3 is 5.69 Å². The van der Waals surface area contributed by atoms with Crippen molar-refractivity contribution in [3.8, 4) is 28.3 Å². The number of anilines is 1. The van der Waals surface area contributed by atoms with Crippen LogP contribution in [0.1, 0.15) is 40.7 Å². The summed E-state index contributed by atoms with van der Waals surface area (Å²) in [6, 6.07) is 15.1. The lowest BCUT2D eigenvalue weighted by atomic mass is 9.96. The third-order valence-corrected chi connectivity index (χ3v) is 8.20. The summed E-state index contributed by atoms with van der Waals surface area (Å²) < 4.78 is 7.68. The fourth-order valence-electron chi connectivity index (χ4n) is 5.33. The van der Waals surface area contributed by atoms with Gasteiger partial charge in [-0.2, -0.15) is 0 Å². The molecule has 2 aromatic carbocycles. The number of amides is 1. The first-order chi connectivity index (χ1) is 20.6. The van der Waals surface area contributed by atoms with Crippen molar-refractivity contribution in [1.29, 1.82) is 0 Å². The molecule has 1 amide bonds. The first kappa shape index (κ1) is 29.9. The number of carbonyl (C=O) groups is 2. The number of pyridine rings is 1. The zero-order valence-electron chi connectivity index (χ0n) is 24.4. The predicted octanol–water partition coefficient (Wildman–Crippen LogP) is 4.25. The molecule has 1 atom stereocenters. The van der Waals surface area contributed by atoms with Crippen molar-refractivity contribution >= 4 is 29.0 Å². The molecule has 1 aliphatic carbocycles. The van der Waals surface area contributed by atoms with Gasteiger partial charge in [-0.05, 0) is 36.6 Å². The number of Topliss-reactive ketones (excluding diaryl/α,β-unsaturated/α-hetero) is 1. The molecule has 0 saturated heterocycles. The monoisotopic (exact) mass is 601 g/mol. The Hall–Kier alpha value is -4.54. The standard InChI is InChI=1S/C32H32ClN5O5/c1-18-22(7-6-10-26(18)35-29(40)25-17-37(2)32(42)38(3)31(25)41)23-8-5-9-24(28(23)33)27-14-11-19(30(36-27)43-4)16-34-20-12-13-21(39)15-20/h5-11,14,17,20,34H,12-13,15-16H2,1-4H3,(H,35,40). The Morgan fingerprint density at radius 1 is 1.05 bits per heavy atom. The van der Waals surface area contributed by atoms with Crippen LogP contribution in [-0.2, 0) is 25.4 Å². The number of nitrogens with one attached hydrogen (secondary N) is 2. The Kier molecular flexibility index (Phi) is 8.61. The molecule has 5 rings (SSSR count). The molecule has 4 aromatic rings. The van der Waals surface area contributed by atoms with Crippen molar-refractivity contribution in [2.24, 2.45) is 14.1 Å². The summed E-state index contributed by atoms with van der Waals surface area (Å²) in [5.41, 5.74) is 3.65. The van der Waals surface area contributed by atoms with Crippen LogP contribution in [0.15, 0.2) is 64.3 Å². The Balaban J connectivity index is 1.43. The minimum atomic E-state index is -0.677. The summed E-state index contributed by atoms with van der Waals surface area (Å²) in [5, 5.41) is 6.71. The molecular formula is C32H32ClN5O5. The Labute approximate surface area is 253 Å². The van der Waals surface area contributed by atoms with E-state index in [1.807, 2.05) is 43.3 Å². The van der Waals surface area contributed by atoms with Gasteiger partial charge in [0.15, 0.2) is 0 Å². The molecule has 2 aromatic heterocycles. The number of benzene rings is 2. The summed E-state index contributed by atoms with van der Waals surface area (Å²) in [4.78, 5) is 54.0. The molecule has 1 saturated carbocycles. The minimum Gasteiger partial charge on any atom is -0.481 e. The number of hydrogen-bond donors (Lipinski definition) is 2. The molecule has 1 unspecified atom stereocenters. The number of ether oxygens (including phenoxy) is 1. The van der Waals surface area contributed by atoms with Crippen LogP contribution in [0, 0.1) is 6.92 Å².